The molecular weight excluding hydrogens is 421 g/mol. The smallest absolute Gasteiger partial charge is 0.327 e. The first-order valence-corrected chi connectivity index (χ1v) is 9.54. The van der Waals surface area contributed by atoms with Crippen molar-refractivity contribution >= 4 is 17.5 Å². The molecule has 30 heavy (non-hydrogen) atoms. The Labute approximate surface area is 174 Å². The number of rotatable bonds is 4. The number of benzene rings is 1. The normalized spacial score (nSPS) is 16.6. The van der Waals surface area contributed by atoms with E-state index in [1.54, 1.807) is 4.57 Å². The van der Waals surface area contributed by atoms with Gasteiger partial charge in [0.2, 0.25) is 5.82 Å². The maximum absolute atomic E-state index is 13.2. The van der Waals surface area contributed by atoms with E-state index in [-0.39, 0.29) is 24.0 Å². The molecule has 1 aliphatic heterocycles. The number of aromatic nitrogens is 5. The maximum atomic E-state index is 13.2. The van der Waals surface area contributed by atoms with Gasteiger partial charge in [-0.25, -0.2) is 4.98 Å². The van der Waals surface area contributed by atoms with Gasteiger partial charge in [0.1, 0.15) is 5.69 Å². The lowest BCUT2D eigenvalue weighted by molar-refractivity contribution is -0.137. The molecule has 11 heteroatoms. The van der Waals surface area contributed by atoms with Crippen LogP contribution < -0.4 is 0 Å². The lowest BCUT2D eigenvalue weighted by Gasteiger charge is -2.35. The third-order valence-corrected chi connectivity index (χ3v) is 5.47. The Bertz CT molecular complexity index is 1090. The van der Waals surface area contributed by atoms with E-state index in [0.717, 1.165) is 6.07 Å². The lowest BCUT2D eigenvalue weighted by atomic mass is 10.1. The zero-order valence-corrected chi connectivity index (χ0v) is 16.5. The summed E-state index contributed by atoms with van der Waals surface area (Å²) in [6.45, 7) is 2.22. The Morgan fingerprint density at radius 1 is 1.20 bits per heavy atom. The van der Waals surface area contributed by atoms with Gasteiger partial charge >= 0.3 is 6.18 Å². The molecular formula is C19H16ClF3N6O. The second-order valence-electron chi connectivity index (χ2n) is 6.82. The average molecular weight is 437 g/mol. The molecule has 1 aromatic carbocycles. The van der Waals surface area contributed by atoms with E-state index in [4.69, 9.17) is 11.6 Å². The van der Waals surface area contributed by atoms with Gasteiger partial charge in [-0.2, -0.15) is 13.2 Å². The minimum atomic E-state index is -4.57. The van der Waals surface area contributed by atoms with Gasteiger partial charge in [0, 0.05) is 25.5 Å². The molecule has 0 aliphatic carbocycles. The number of alkyl halides is 3. The Balaban J connectivity index is 1.69. The van der Waals surface area contributed by atoms with Gasteiger partial charge in [0.05, 0.1) is 22.8 Å². The van der Waals surface area contributed by atoms with Crippen LogP contribution in [0.3, 0.4) is 0 Å². The maximum Gasteiger partial charge on any atom is 0.417 e. The van der Waals surface area contributed by atoms with Crippen molar-refractivity contribution in [2.45, 2.75) is 38.7 Å². The van der Waals surface area contributed by atoms with Gasteiger partial charge in [0.15, 0.2) is 5.82 Å². The predicted molar refractivity (Wildman–Crippen MR) is 101 cm³/mol. The van der Waals surface area contributed by atoms with E-state index in [9.17, 15) is 18.0 Å². The second-order valence-corrected chi connectivity index (χ2v) is 7.20. The van der Waals surface area contributed by atoms with E-state index in [1.807, 2.05) is 6.92 Å². The number of amides is 1. The van der Waals surface area contributed by atoms with Gasteiger partial charge in [-0.15, -0.1) is 10.2 Å². The van der Waals surface area contributed by atoms with Gasteiger partial charge in [-0.1, -0.05) is 30.7 Å². The highest BCUT2D eigenvalue weighted by Gasteiger charge is 2.37. The first kappa shape index (κ1) is 20.3. The molecule has 0 N–H and O–H groups in total. The quantitative estimate of drug-likeness (QED) is 0.621. The summed E-state index contributed by atoms with van der Waals surface area (Å²) in [6.07, 6.45) is 0.574. The molecule has 1 amide bonds. The van der Waals surface area contributed by atoms with Crippen molar-refractivity contribution in [2.75, 3.05) is 0 Å². The van der Waals surface area contributed by atoms with E-state index < -0.39 is 22.7 Å². The van der Waals surface area contributed by atoms with Crippen LogP contribution in [-0.4, -0.2) is 41.6 Å². The van der Waals surface area contributed by atoms with E-state index in [2.05, 4.69) is 20.2 Å². The third-order valence-electron chi connectivity index (χ3n) is 5.03. The largest absolute Gasteiger partial charge is 0.417 e. The van der Waals surface area contributed by atoms with Crippen LogP contribution >= 0.6 is 11.6 Å². The molecule has 0 fully saturated rings. The van der Waals surface area contributed by atoms with Crippen LogP contribution in [0.15, 0.2) is 36.8 Å². The summed E-state index contributed by atoms with van der Waals surface area (Å²) in [4.78, 5) is 22.8. The molecule has 0 radical (unpaired) electrons. The zero-order valence-electron chi connectivity index (χ0n) is 15.8. The zero-order chi connectivity index (χ0) is 21.5. The molecule has 4 rings (SSSR count). The van der Waals surface area contributed by atoms with Crippen LogP contribution in [-0.2, 0) is 19.3 Å². The van der Waals surface area contributed by atoms with Crippen LogP contribution in [0.1, 0.15) is 35.1 Å². The second kappa shape index (κ2) is 7.67. The van der Waals surface area contributed by atoms with Crippen molar-refractivity contribution in [3.8, 4) is 11.5 Å². The summed E-state index contributed by atoms with van der Waals surface area (Å²) in [7, 11) is 0. The number of hydrogen-bond donors (Lipinski definition) is 0. The highest BCUT2D eigenvalue weighted by Crippen LogP contribution is 2.37. The average Bonchev–Trinajstić information content (AvgIpc) is 3.15. The standard InChI is InChI=1S/C19H16ClF3N6O/c1-2-12-10-29-16(14-8-24-6-7-25-14)26-27-17(29)18(30)28(12)9-11-4-3-5-13(15(11)20)19(21,22)23/h3-8,12H,2,9-10H2,1H3/t12-/m0/s1. The number of carbonyl (C=O) groups excluding carboxylic acids is 1. The predicted octanol–water partition coefficient (Wildman–Crippen LogP) is 3.84. The first-order chi connectivity index (χ1) is 14.3. The number of fused-ring (bicyclic) bond motifs is 1. The molecule has 3 heterocycles. The van der Waals surface area contributed by atoms with Crippen molar-refractivity contribution in [2.24, 2.45) is 0 Å². The van der Waals surface area contributed by atoms with E-state index in [0.29, 0.717) is 24.5 Å². The molecule has 0 unspecified atom stereocenters. The molecule has 1 aliphatic rings. The van der Waals surface area contributed by atoms with Gasteiger partial charge < -0.3 is 4.90 Å². The molecule has 3 aromatic rings. The summed E-state index contributed by atoms with van der Waals surface area (Å²) in [5, 5.41) is 7.67. The minimum Gasteiger partial charge on any atom is -0.327 e. The third kappa shape index (κ3) is 3.51. The lowest BCUT2D eigenvalue weighted by Crippen LogP contribution is -2.47. The van der Waals surface area contributed by atoms with Crippen LogP contribution in [0.2, 0.25) is 5.02 Å². The SMILES string of the molecule is CC[C@H]1Cn2c(nnc2-c2cnccn2)C(=O)N1Cc1cccc(C(F)(F)F)c1Cl. The number of nitrogens with zero attached hydrogens (tertiary/aromatic N) is 6. The summed E-state index contributed by atoms with van der Waals surface area (Å²) >= 11 is 6.03. The summed E-state index contributed by atoms with van der Waals surface area (Å²) in [6, 6.07) is 3.42. The Morgan fingerprint density at radius 2 is 1.97 bits per heavy atom. The number of halogens is 4. The molecule has 0 spiro atoms. The minimum absolute atomic E-state index is 0.0621. The topological polar surface area (TPSA) is 76.8 Å². The Morgan fingerprint density at radius 3 is 2.63 bits per heavy atom. The highest BCUT2D eigenvalue weighted by molar-refractivity contribution is 6.32. The fraction of sp³-hybridized carbons (Fsp3) is 0.316. The fourth-order valence-corrected chi connectivity index (χ4v) is 3.79. The van der Waals surface area contributed by atoms with E-state index in [1.165, 1.54) is 35.6 Å². The summed E-state index contributed by atoms with van der Waals surface area (Å²) in [5.41, 5.74) is -0.221. The monoisotopic (exact) mass is 436 g/mol. The molecule has 7 nitrogen and oxygen atoms in total. The summed E-state index contributed by atoms with van der Waals surface area (Å²) < 4.78 is 41.2. The number of hydrogen-bond acceptors (Lipinski definition) is 5. The van der Waals surface area contributed by atoms with Crippen molar-refractivity contribution in [3.63, 3.8) is 0 Å². The highest BCUT2D eigenvalue weighted by atomic mass is 35.5. The molecule has 0 saturated carbocycles. The van der Waals surface area contributed by atoms with Crippen molar-refractivity contribution in [3.05, 3.63) is 58.8 Å². The van der Waals surface area contributed by atoms with Crippen molar-refractivity contribution < 1.29 is 18.0 Å². The van der Waals surface area contributed by atoms with Gasteiger partial charge in [-0.05, 0) is 18.1 Å². The number of carbonyl (C=O) groups is 1. The summed E-state index contributed by atoms with van der Waals surface area (Å²) in [5.74, 6) is 0.0920. The van der Waals surface area contributed by atoms with Crippen LogP contribution in [0.4, 0.5) is 13.2 Å². The van der Waals surface area contributed by atoms with Crippen molar-refractivity contribution in [1.29, 1.82) is 0 Å². The van der Waals surface area contributed by atoms with Crippen LogP contribution in [0.25, 0.3) is 11.5 Å². The van der Waals surface area contributed by atoms with Gasteiger partial charge in [-0.3, -0.25) is 14.3 Å². The first-order valence-electron chi connectivity index (χ1n) is 9.16. The molecule has 2 aromatic heterocycles. The molecule has 0 bridgehead atoms. The molecule has 0 saturated heterocycles. The fourth-order valence-electron chi connectivity index (χ4n) is 3.50. The Hall–Kier alpha value is -3.01. The van der Waals surface area contributed by atoms with Gasteiger partial charge in [0.25, 0.3) is 5.91 Å². The van der Waals surface area contributed by atoms with E-state index >= 15 is 0 Å². The van der Waals surface area contributed by atoms with Crippen molar-refractivity contribution in [1.82, 2.24) is 29.6 Å². The van der Waals surface area contributed by atoms with Crippen LogP contribution in [0, 0.1) is 0 Å². The molecule has 156 valence electrons. The molecule has 1 atom stereocenters. The Kier molecular flexibility index (Phi) is 5.19. The van der Waals surface area contributed by atoms with Crippen LogP contribution in [0.5, 0.6) is 0 Å².